The van der Waals surface area contributed by atoms with Crippen LogP contribution in [0.15, 0.2) is 30.4 Å². The maximum Gasteiger partial charge on any atom is 0.330 e. The molecule has 0 atom stereocenters. The van der Waals surface area contributed by atoms with E-state index in [1.165, 1.54) is 25.3 Å². The molecule has 0 saturated carbocycles. The molecule has 1 aromatic carbocycles. The van der Waals surface area contributed by atoms with Gasteiger partial charge in [0.1, 0.15) is 0 Å². The first-order valence-corrected chi connectivity index (χ1v) is 6.03. The lowest BCUT2D eigenvalue weighted by Gasteiger charge is -1.97. The van der Waals surface area contributed by atoms with Crippen LogP contribution >= 0.6 is 0 Å². The highest BCUT2D eigenvalue weighted by atomic mass is 16.6. The zero-order chi connectivity index (χ0) is 14.7. The third-order valence-corrected chi connectivity index (χ3v) is 3.09. The van der Waals surface area contributed by atoms with Crippen LogP contribution in [0.2, 0.25) is 0 Å². The molecule has 0 unspecified atom stereocenters. The fourth-order valence-electron chi connectivity index (χ4n) is 2.10. The number of carbonyl (C=O) groups excluding carboxylic acids is 1. The van der Waals surface area contributed by atoms with Crippen molar-refractivity contribution in [1.29, 1.82) is 0 Å². The predicted octanol–water partition coefficient (Wildman–Crippen LogP) is 2.66. The molecule has 104 valence electrons. The van der Waals surface area contributed by atoms with E-state index >= 15 is 0 Å². The SMILES string of the molecule is COC(=O)/C=C/Cc1c(C)[nH]c2cc([N+](=O)[O-])ccc12. The molecule has 2 aromatic rings. The van der Waals surface area contributed by atoms with Crippen LogP contribution in [0.1, 0.15) is 11.3 Å². The van der Waals surface area contributed by atoms with E-state index in [1.807, 2.05) is 6.92 Å². The van der Waals surface area contributed by atoms with Crippen LogP contribution in [0, 0.1) is 17.0 Å². The van der Waals surface area contributed by atoms with E-state index < -0.39 is 10.9 Å². The zero-order valence-electron chi connectivity index (χ0n) is 11.2. The van der Waals surface area contributed by atoms with E-state index in [-0.39, 0.29) is 5.69 Å². The van der Waals surface area contributed by atoms with E-state index in [9.17, 15) is 14.9 Å². The first kappa shape index (κ1) is 13.8. The van der Waals surface area contributed by atoms with Gasteiger partial charge in [-0.05, 0) is 25.0 Å². The summed E-state index contributed by atoms with van der Waals surface area (Å²) in [5, 5.41) is 11.7. The molecule has 0 radical (unpaired) electrons. The van der Waals surface area contributed by atoms with Gasteiger partial charge in [-0.25, -0.2) is 4.79 Å². The Kier molecular flexibility index (Phi) is 3.84. The van der Waals surface area contributed by atoms with E-state index in [2.05, 4.69) is 9.72 Å². The highest BCUT2D eigenvalue weighted by Crippen LogP contribution is 2.26. The Labute approximate surface area is 115 Å². The maximum absolute atomic E-state index is 11.0. The molecular formula is C14H14N2O4. The number of aryl methyl sites for hydroxylation is 1. The van der Waals surface area contributed by atoms with E-state index in [4.69, 9.17) is 0 Å². The van der Waals surface area contributed by atoms with Gasteiger partial charge in [0, 0.05) is 29.3 Å². The van der Waals surface area contributed by atoms with Gasteiger partial charge in [-0.15, -0.1) is 0 Å². The number of nitrogens with zero attached hydrogens (tertiary/aromatic N) is 1. The standard InChI is InChI=1S/C14H14N2O4/c1-9-11(4-3-5-14(17)20-2)12-7-6-10(16(18)19)8-13(12)15-9/h3,5-8,15H,4H2,1-2H3/b5-3+. The topological polar surface area (TPSA) is 85.2 Å². The number of hydrogen-bond acceptors (Lipinski definition) is 4. The number of non-ortho nitro benzene ring substituents is 1. The minimum absolute atomic E-state index is 0.0513. The number of aromatic nitrogens is 1. The monoisotopic (exact) mass is 274 g/mol. The molecule has 0 amide bonds. The van der Waals surface area contributed by atoms with Crippen LogP contribution < -0.4 is 0 Å². The number of esters is 1. The number of benzene rings is 1. The number of aromatic amines is 1. The maximum atomic E-state index is 11.0. The number of nitro benzene ring substituents is 1. The lowest BCUT2D eigenvalue weighted by atomic mass is 10.1. The molecule has 0 aliphatic rings. The first-order chi connectivity index (χ1) is 9.52. The average molecular weight is 274 g/mol. The van der Waals surface area contributed by atoms with Crippen molar-refractivity contribution < 1.29 is 14.5 Å². The Morgan fingerprint density at radius 1 is 1.50 bits per heavy atom. The quantitative estimate of drug-likeness (QED) is 0.402. The molecule has 0 saturated heterocycles. The van der Waals surface area contributed by atoms with Gasteiger partial charge in [0.05, 0.1) is 17.5 Å². The number of allylic oxidation sites excluding steroid dienone is 1. The fourth-order valence-corrected chi connectivity index (χ4v) is 2.10. The summed E-state index contributed by atoms with van der Waals surface area (Å²) < 4.78 is 4.52. The molecule has 1 heterocycles. The number of carbonyl (C=O) groups is 1. The highest BCUT2D eigenvalue weighted by molar-refractivity contribution is 5.87. The second-order valence-corrected chi connectivity index (χ2v) is 4.35. The van der Waals surface area contributed by atoms with Crippen molar-refractivity contribution >= 4 is 22.6 Å². The van der Waals surface area contributed by atoms with Crippen LogP contribution in [-0.2, 0) is 16.0 Å². The van der Waals surface area contributed by atoms with Gasteiger partial charge in [0.15, 0.2) is 0 Å². The molecule has 1 N–H and O–H groups in total. The molecule has 0 aliphatic heterocycles. The van der Waals surface area contributed by atoms with Crippen LogP contribution in [0.5, 0.6) is 0 Å². The van der Waals surface area contributed by atoms with E-state index in [0.717, 1.165) is 22.2 Å². The summed E-state index contributed by atoms with van der Waals surface area (Å²) >= 11 is 0. The Morgan fingerprint density at radius 3 is 2.90 bits per heavy atom. The Hall–Kier alpha value is -2.63. The van der Waals surface area contributed by atoms with Gasteiger partial charge in [-0.2, -0.15) is 0 Å². The highest BCUT2D eigenvalue weighted by Gasteiger charge is 2.11. The van der Waals surface area contributed by atoms with Gasteiger partial charge in [-0.3, -0.25) is 10.1 Å². The number of hydrogen-bond donors (Lipinski definition) is 1. The average Bonchev–Trinajstić information content (AvgIpc) is 2.73. The number of methoxy groups -OCH3 is 1. The largest absolute Gasteiger partial charge is 0.466 e. The normalized spacial score (nSPS) is 11.1. The molecule has 0 bridgehead atoms. The number of rotatable bonds is 4. The number of nitro groups is 1. The first-order valence-electron chi connectivity index (χ1n) is 6.03. The fraction of sp³-hybridized carbons (Fsp3) is 0.214. The molecule has 6 heteroatoms. The molecule has 6 nitrogen and oxygen atoms in total. The Bertz CT molecular complexity index is 701. The van der Waals surface area contributed by atoms with Crippen molar-refractivity contribution in [2.75, 3.05) is 7.11 Å². The smallest absolute Gasteiger partial charge is 0.330 e. The molecule has 1 aromatic heterocycles. The van der Waals surface area contributed by atoms with Crippen molar-refractivity contribution in [3.63, 3.8) is 0 Å². The molecule has 0 fully saturated rings. The third-order valence-electron chi connectivity index (χ3n) is 3.09. The van der Waals surface area contributed by atoms with Gasteiger partial charge in [-0.1, -0.05) is 6.08 Å². The number of H-pyrrole nitrogens is 1. The lowest BCUT2D eigenvalue weighted by Crippen LogP contribution is -1.94. The summed E-state index contributed by atoms with van der Waals surface area (Å²) in [4.78, 5) is 24.5. The van der Waals surface area contributed by atoms with Gasteiger partial charge in [0.25, 0.3) is 5.69 Å². The second kappa shape index (κ2) is 5.56. The molecular weight excluding hydrogens is 260 g/mol. The molecule has 20 heavy (non-hydrogen) atoms. The van der Waals surface area contributed by atoms with Crippen LogP contribution in [-0.4, -0.2) is 23.0 Å². The van der Waals surface area contributed by atoms with E-state index in [0.29, 0.717) is 6.42 Å². The van der Waals surface area contributed by atoms with Crippen molar-refractivity contribution in [1.82, 2.24) is 4.98 Å². The van der Waals surface area contributed by atoms with Crippen LogP contribution in [0.4, 0.5) is 5.69 Å². The van der Waals surface area contributed by atoms with Gasteiger partial charge >= 0.3 is 5.97 Å². The van der Waals surface area contributed by atoms with Crippen molar-refractivity contribution in [2.24, 2.45) is 0 Å². The molecule has 2 rings (SSSR count). The molecule has 0 aliphatic carbocycles. The zero-order valence-corrected chi connectivity index (χ0v) is 11.2. The van der Waals surface area contributed by atoms with Crippen molar-refractivity contribution in [2.45, 2.75) is 13.3 Å². The third kappa shape index (κ3) is 2.69. The van der Waals surface area contributed by atoms with E-state index in [1.54, 1.807) is 12.1 Å². The summed E-state index contributed by atoms with van der Waals surface area (Å²) in [6, 6.07) is 4.71. The minimum atomic E-state index is -0.424. The summed E-state index contributed by atoms with van der Waals surface area (Å²) in [7, 11) is 1.32. The minimum Gasteiger partial charge on any atom is -0.466 e. The summed E-state index contributed by atoms with van der Waals surface area (Å²) in [5.41, 5.74) is 2.71. The number of fused-ring (bicyclic) bond motifs is 1. The summed E-state index contributed by atoms with van der Waals surface area (Å²) in [6.07, 6.45) is 3.63. The lowest BCUT2D eigenvalue weighted by molar-refractivity contribution is -0.384. The van der Waals surface area contributed by atoms with Gasteiger partial charge < -0.3 is 9.72 Å². The van der Waals surface area contributed by atoms with Crippen LogP contribution in [0.3, 0.4) is 0 Å². The molecule has 0 spiro atoms. The predicted molar refractivity (Wildman–Crippen MR) is 74.6 cm³/mol. The summed E-state index contributed by atoms with van der Waals surface area (Å²) in [6.45, 7) is 1.90. The second-order valence-electron chi connectivity index (χ2n) is 4.35. The number of ether oxygens (including phenoxy) is 1. The van der Waals surface area contributed by atoms with Gasteiger partial charge in [0.2, 0.25) is 0 Å². The number of nitrogens with one attached hydrogen (secondary N) is 1. The Balaban J connectivity index is 2.34. The Morgan fingerprint density at radius 2 is 2.25 bits per heavy atom. The van der Waals surface area contributed by atoms with Crippen molar-refractivity contribution in [3.05, 3.63) is 51.7 Å². The van der Waals surface area contributed by atoms with Crippen molar-refractivity contribution in [3.8, 4) is 0 Å². The summed E-state index contributed by atoms with van der Waals surface area (Å²) in [5.74, 6) is -0.405. The van der Waals surface area contributed by atoms with Crippen LogP contribution in [0.25, 0.3) is 10.9 Å².